The van der Waals surface area contributed by atoms with E-state index in [1.165, 1.54) is 0 Å². The van der Waals surface area contributed by atoms with Crippen LogP contribution in [0.25, 0.3) is 0 Å². The molecular formula is C17H20ClN3O2. The van der Waals surface area contributed by atoms with Crippen molar-refractivity contribution in [3.63, 3.8) is 0 Å². The van der Waals surface area contributed by atoms with Gasteiger partial charge in [-0.15, -0.1) is 0 Å². The first-order valence-electron chi connectivity index (χ1n) is 7.83. The molecule has 3 rings (SSSR count). The fourth-order valence-electron chi connectivity index (χ4n) is 2.97. The standard InChI is InChI=1S/C17H20ClN3O2/c1-12-9-14(20-23-12)10-17(22)19-13-5-4-8-21(11-13)16-7-3-2-6-15(16)18/h2-3,6-7,9,13H,4-5,8,10-11H2,1H3,(H,19,22). The Morgan fingerprint density at radius 2 is 2.30 bits per heavy atom. The number of para-hydroxylation sites is 1. The Kier molecular flexibility index (Phi) is 4.86. The SMILES string of the molecule is Cc1cc(CC(=O)NC2CCCN(c3ccccc3Cl)C2)no1. The maximum Gasteiger partial charge on any atom is 0.226 e. The van der Waals surface area contributed by atoms with E-state index in [0.29, 0.717) is 5.69 Å². The zero-order valence-corrected chi connectivity index (χ0v) is 13.8. The zero-order valence-electron chi connectivity index (χ0n) is 13.1. The predicted octanol–water partition coefficient (Wildman–Crippen LogP) is 2.96. The van der Waals surface area contributed by atoms with Crippen LogP contribution in [0.1, 0.15) is 24.3 Å². The largest absolute Gasteiger partial charge is 0.368 e. The summed E-state index contributed by atoms with van der Waals surface area (Å²) >= 11 is 6.27. The average molecular weight is 334 g/mol. The summed E-state index contributed by atoms with van der Waals surface area (Å²) in [4.78, 5) is 14.4. The molecule has 1 saturated heterocycles. The highest BCUT2D eigenvalue weighted by molar-refractivity contribution is 6.33. The topological polar surface area (TPSA) is 58.4 Å². The van der Waals surface area contributed by atoms with Gasteiger partial charge in [0.2, 0.25) is 5.91 Å². The Labute approximate surface area is 140 Å². The van der Waals surface area contributed by atoms with Gasteiger partial charge in [-0.1, -0.05) is 28.9 Å². The number of hydrogen-bond donors (Lipinski definition) is 1. The Hall–Kier alpha value is -2.01. The lowest BCUT2D eigenvalue weighted by Gasteiger charge is -2.35. The second kappa shape index (κ2) is 7.04. The van der Waals surface area contributed by atoms with Crippen LogP contribution in [0.4, 0.5) is 5.69 Å². The number of nitrogens with one attached hydrogen (secondary N) is 1. The van der Waals surface area contributed by atoms with E-state index in [4.69, 9.17) is 16.1 Å². The van der Waals surface area contributed by atoms with Crippen molar-refractivity contribution in [2.75, 3.05) is 18.0 Å². The number of piperidine rings is 1. The average Bonchev–Trinajstić information content (AvgIpc) is 2.93. The first-order valence-corrected chi connectivity index (χ1v) is 8.20. The number of halogens is 1. The molecule has 122 valence electrons. The second-order valence-corrected chi connectivity index (χ2v) is 6.32. The van der Waals surface area contributed by atoms with Crippen LogP contribution in [0.5, 0.6) is 0 Å². The molecule has 1 atom stereocenters. The molecule has 2 heterocycles. The number of hydrogen-bond acceptors (Lipinski definition) is 4. The zero-order chi connectivity index (χ0) is 16.2. The number of aromatic nitrogens is 1. The van der Waals surface area contributed by atoms with E-state index < -0.39 is 0 Å². The fraction of sp³-hybridized carbons (Fsp3) is 0.412. The molecule has 0 aliphatic carbocycles. The van der Waals surface area contributed by atoms with Gasteiger partial charge >= 0.3 is 0 Å². The summed E-state index contributed by atoms with van der Waals surface area (Å²) in [5.41, 5.74) is 1.69. The van der Waals surface area contributed by atoms with Gasteiger partial charge in [0.25, 0.3) is 0 Å². The molecular weight excluding hydrogens is 314 g/mol. The van der Waals surface area contributed by atoms with Crippen molar-refractivity contribution >= 4 is 23.2 Å². The molecule has 5 nitrogen and oxygen atoms in total. The Balaban J connectivity index is 1.58. The van der Waals surface area contributed by atoms with Crippen LogP contribution in [0.3, 0.4) is 0 Å². The van der Waals surface area contributed by atoms with Gasteiger partial charge in [-0.3, -0.25) is 4.79 Å². The molecule has 1 fully saturated rings. The summed E-state index contributed by atoms with van der Waals surface area (Å²) in [5, 5.41) is 7.70. The van der Waals surface area contributed by atoms with Crippen LogP contribution in [-0.4, -0.2) is 30.2 Å². The van der Waals surface area contributed by atoms with Crippen molar-refractivity contribution in [3.8, 4) is 0 Å². The Bertz CT molecular complexity index is 686. The molecule has 1 N–H and O–H groups in total. The number of rotatable bonds is 4. The lowest BCUT2D eigenvalue weighted by Crippen LogP contribution is -2.48. The van der Waals surface area contributed by atoms with Gasteiger partial charge in [-0.05, 0) is 31.9 Å². The molecule has 1 amide bonds. The maximum absolute atomic E-state index is 12.2. The first-order chi connectivity index (χ1) is 11.1. The summed E-state index contributed by atoms with van der Waals surface area (Å²) in [6.07, 6.45) is 2.25. The summed E-state index contributed by atoms with van der Waals surface area (Å²) in [6.45, 7) is 3.54. The predicted molar refractivity (Wildman–Crippen MR) is 89.8 cm³/mol. The molecule has 2 aromatic rings. The van der Waals surface area contributed by atoms with Gasteiger partial charge < -0.3 is 14.7 Å². The van der Waals surface area contributed by atoms with E-state index in [2.05, 4.69) is 15.4 Å². The highest BCUT2D eigenvalue weighted by Gasteiger charge is 2.23. The van der Waals surface area contributed by atoms with Crippen molar-refractivity contribution in [1.29, 1.82) is 0 Å². The molecule has 1 unspecified atom stereocenters. The fourth-order valence-corrected chi connectivity index (χ4v) is 3.22. The van der Waals surface area contributed by atoms with Gasteiger partial charge in [0, 0.05) is 25.2 Å². The van der Waals surface area contributed by atoms with Gasteiger partial charge in [0.1, 0.15) is 5.76 Å². The number of nitrogens with zero attached hydrogens (tertiary/aromatic N) is 2. The van der Waals surface area contributed by atoms with E-state index in [1.807, 2.05) is 31.2 Å². The number of carbonyl (C=O) groups excluding carboxylic acids is 1. The Morgan fingerprint density at radius 1 is 1.48 bits per heavy atom. The molecule has 0 bridgehead atoms. The summed E-state index contributed by atoms with van der Waals surface area (Å²) in [6, 6.07) is 9.74. The van der Waals surface area contributed by atoms with E-state index in [9.17, 15) is 4.79 Å². The summed E-state index contributed by atoms with van der Waals surface area (Å²) in [7, 11) is 0. The summed E-state index contributed by atoms with van der Waals surface area (Å²) in [5.74, 6) is 0.694. The van der Waals surface area contributed by atoms with E-state index >= 15 is 0 Å². The van der Waals surface area contributed by atoms with Crippen LogP contribution in [0.15, 0.2) is 34.9 Å². The van der Waals surface area contributed by atoms with Crippen LogP contribution in [0, 0.1) is 6.92 Å². The van der Waals surface area contributed by atoms with E-state index in [1.54, 1.807) is 6.07 Å². The van der Waals surface area contributed by atoms with Gasteiger partial charge in [0.15, 0.2) is 0 Å². The molecule has 6 heteroatoms. The van der Waals surface area contributed by atoms with E-state index in [0.717, 1.165) is 42.4 Å². The third-order valence-corrected chi connectivity index (χ3v) is 4.32. The van der Waals surface area contributed by atoms with Crippen molar-refractivity contribution < 1.29 is 9.32 Å². The summed E-state index contributed by atoms with van der Waals surface area (Å²) < 4.78 is 4.99. The number of aryl methyl sites for hydroxylation is 1. The van der Waals surface area contributed by atoms with Gasteiger partial charge in [0.05, 0.1) is 22.8 Å². The highest BCUT2D eigenvalue weighted by atomic mass is 35.5. The highest BCUT2D eigenvalue weighted by Crippen LogP contribution is 2.27. The Morgan fingerprint density at radius 3 is 3.04 bits per heavy atom. The van der Waals surface area contributed by atoms with Crippen molar-refractivity contribution in [3.05, 3.63) is 46.8 Å². The van der Waals surface area contributed by atoms with Crippen LogP contribution >= 0.6 is 11.6 Å². The molecule has 1 aromatic heterocycles. The van der Waals surface area contributed by atoms with Crippen molar-refractivity contribution in [1.82, 2.24) is 10.5 Å². The number of anilines is 1. The lowest BCUT2D eigenvalue weighted by molar-refractivity contribution is -0.121. The van der Waals surface area contributed by atoms with Crippen molar-refractivity contribution in [2.45, 2.75) is 32.2 Å². The minimum atomic E-state index is -0.0238. The molecule has 1 aliphatic rings. The third kappa shape index (κ3) is 4.05. The monoisotopic (exact) mass is 333 g/mol. The lowest BCUT2D eigenvalue weighted by atomic mass is 10.0. The van der Waals surface area contributed by atoms with Crippen molar-refractivity contribution in [2.24, 2.45) is 0 Å². The van der Waals surface area contributed by atoms with Gasteiger partial charge in [-0.2, -0.15) is 0 Å². The van der Waals surface area contributed by atoms with Crippen LogP contribution < -0.4 is 10.2 Å². The smallest absolute Gasteiger partial charge is 0.226 e. The van der Waals surface area contributed by atoms with Gasteiger partial charge in [-0.25, -0.2) is 0 Å². The number of amides is 1. The number of benzene rings is 1. The minimum Gasteiger partial charge on any atom is -0.368 e. The second-order valence-electron chi connectivity index (χ2n) is 5.91. The van der Waals surface area contributed by atoms with E-state index in [-0.39, 0.29) is 18.4 Å². The maximum atomic E-state index is 12.2. The quantitative estimate of drug-likeness (QED) is 0.934. The molecule has 23 heavy (non-hydrogen) atoms. The normalized spacial score (nSPS) is 18.0. The molecule has 1 aliphatic heterocycles. The van der Waals surface area contributed by atoms with Crippen LogP contribution in [-0.2, 0) is 11.2 Å². The molecule has 0 saturated carbocycles. The molecule has 0 spiro atoms. The van der Waals surface area contributed by atoms with Crippen LogP contribution in [0.2, 0.25) is 5.02 Å². The minimum absolute atomic E-state index is 0.0238. The molecule has 1 aromatic carbocycles. The molecule has 0 radical (unpaired) electrons. The first kappa shape index (κ1) is 15.9. The third-order valence-electron chi connectivity index (χ3n) is 4.00. The number of carbonyl (C=O) groups is 1.